The second-order valence-corrected chi connectivity index (χ2v) is 8.91. The number of nitrogens with zero attached hydrogens (tertiary/aromatic N) is 2. The first-order valence-corrected chi connectivity index (χ1v) is 11.3. The summed E-state index contributed by atoms with van der Waals surface area (Å²) in [5.41, 5.74) is 4.60. The van der Waals surface area contributed by atoms with Crippen LogP contribution in [0, 0.1) is 6.92 Å². The summed E-state index contributed by atoms with van der Waals surface area (Å²) in [5.74, 6) is -0.231. The molecule has 3 aromatic carbocycles. The first kappa shape index (κ1) is 20.4. The van der Waals surface area contributed by atoms with E-state index in [1.165, 1.54) is 11.3 Å². The fourth-order valence-electron chi connectivity index (χ4n) is 3.65. The Kier molecular flexibility index (Phi) is 5.43. The van der Waals surface area contributed by atoms with Crippen molar-refractivity contribution in [1.29, 1.82) is 0 Å². The lowest BCUT2D eigenvalue weighted by Crippen LogP contribution is -2.13. The number of para-hydroxylation sites is 1. The first-order valence-electron chi connectivity index (χ1n) is 10.1. The smallest absolute Gasteiger partial charge is 0.258 e. The highest BCUT2D eigenvalue weighted by atomic mass is 35.5. The Morgan fingerprint density at radius 2 is 1.62 bits per heavy atom. The molecule has 0 aliphatic heterocycles. The van der Waals surface area contributed by atoms with Crippen LogP contribution in [-0.2, 0) is 0 Å². The number of thiazole rings is 1. The number of anilines is 1. The highest BCUT2D eigenvalue weighted by molar-refractivity contribution is 7.16. The fraction of sp³-hybridized carbons (Fsp3) is 0.0385. The first-order chi connectivity index (χ1) is 15.6. The molecule has 2 heterocycles. The molecular formula is C26H18ClN3OS. The van der Waals surface area contributed by atoms with Gasteiger partial charge in [0.2, 0.25) is 0 Å². The van der Waals surface area contributed by atoms with Gasteiger partial charge in [0.25, 0.3) is 5.91 Å². The maximum Gasteiger partial charge on any atom is 0.258 e. The molecular weight excluding hydrogens is 438 g/mol. The van der Waals surface area contributed by atoms with Crippen LogP contribution in [0.5, 0.6) is 0 Å². The fourth-order valence-corrected chi connectivity index (χ4v) is 4.71. The van der Waals surface area contributed by atoms with Crippen LogP contribution in [0.15, 0.2) is 84.9 Å². The van der Waals surface area contributed by atoms with Gasteiger partial charge < -0.3 is 0 Å². The highest BCUT2D eigenvalue weighted by Crippen LogP contribution is 2.32. The number of rotatable bonds is 4. The number of hydrogen-bond donors (Lipinski definition) is 1. The maximum absolute atomic E-state index is 13.3. The average molecular weight is 456 g/mol. The van der Waals surface area contributed by atoms with Crippen molar-refractivity contribution in [3.8, 4) is 22.5 Å². The second-order valence-electron chi connectivity index (χ2n) is 7.30. The van der Waals surface area contributed by atoms with Gasteiger partial charge in [0.15, 0.2) is 5.13 Å². The number of halogens is 1. The summed E-state index contributed by atoms with van der Waals surface area (Å²) < 4.78 is 0. The Balaban J connectivity index is 1.55. The van der Waals surface area contributed by atoms with Gasteiger partial charge in [-0.05, 0) is 25.1 Å². The van der Waals surface area contributed by atoms with E-state index in [1.54, 1.807) is 6.07 Å². The van der Waals surface area contributed by atoms with Crippen LogP contribution in [0.3, 0.4) is 0 Å². The molecule has 6 heteroatoms. The van der Waals surface area contributed by atoms with Gasteiger partial charge in [-0.3, -0.25) is 10.1 Å². The largest absolute Gasteiger partial charge is 0.298 e. The molecule has 0 saturated carbocycles. The quantitative estimate of drug-likeness (QED) is 0.310. The Morgan fingerprint density at radius 1 is 0.906 bits per heavy atom. The van der Waals surface area contributed by atoms with Crippen LogP contribution in [0.1, 0.15) is 15.2 Å². The molecule has 0 bridgehead atoms. The van der Waals surface area contributed by atoms with E-state index in [9.17, 15) is 4.79 Å². The number of hydrogen-bond acceptors (Lipinski definition) is 4. The minimum absolute atomic E-state index is 0.231. The van der Waals surface area contributed by atoms with Crippen molar-refractivity contribution in [1.82, 2.24) is 9.97 Å². The molecule has 1 amide bonds. The Bertz CT molecular complexity index is 1450. The van der Waals surface area contributed by atoms with E-state index in [0.717, 1.165) is 32.6 Å². The summed E-state index contributed by atoms with van der Waals surface area (Å²) in [6.07, 6.45) is 0. The molecule has 5 rings (SSSR count). The minimum Gasteiger partial charge on any atom is -0.298 e. The molecule has 5 aromatic rings. The van der Waals surface area contributed by atoms with Crippen molar-refractivity contribution in [3.63, 3.8) is 0 Å². The summed E-state index contributed by atoms with van der Waals surface area (Å²) in [5, 5.41) is 4.91. The van der Waals surface area contributed by atoms with Crippen LogP contribution in [0.4, 0.5) is 5.13 Å². The number of aromatic nitrogens is 2. The van der Waals surface area contributed by atoms with Crippen molar-refractivity contribution in [3.05, 3.63) is 100 Å². The van der Waals surface area contributed by atoms with E-state index in [0.29, 0.717) is 21.4 Å². The lowest BCUT2D eigenvalue weighted by Gasteiger charge is -2.10. The topological polar surface area (TPSA) is 54.9 Å². The summed E-state index contributed by atoms with van der Waals surface area (Å²) >= 11 is 7.86. The molecule has 4 nitrogen and oxygen atoms in total. The number of benzene rings is 3. The van der Waals surface area contributed by atoms with Gasteiger partial charge in [0, 0.05) is 26.4 Å². The maximum atomic E-state index is 13.3. The van der Waals surface area contributed by atoms with Crippen molar-refractivity contribution in [2.24, 2.45) is 0 Å². The van der Waals surface area contributed by atoms with Crippen LogP contribution in [0.2, 0.25) is 5.02 Å². The van der Waals surface area contributed by atoms with E-state index in [-0.39, 0.29) is 5.91 Å². The van der Waals surface area contributed by atoms with E-state index >= 15 is 0 Å². The van der Waals surface area contributed by atoms with E-state index in [4.69, 9.17) is 16.6 Å². The zero-order valence-corrected chi connectivity index (χ0v) is 18.7. The summed E-state index contributed by atoms with van der Waals surface area (Å²) in [4.78, 5) is 23.8. The van der Waals surface area contributed by atoms with E-state index < -0.39 is 0 Å². The molecule has 0 radical (unpaired) electrons. The van der Waals surface area contributed by atoms with Gasteiger partial charge in [0.05, 0.1) is 22.5 Å². The van der Waals surface area contributed by atoms with Crippen molar-refractivity contribution in [2.45, 2.75) is 6.92 Å². The zero-order valence-electron chi connectivity index (χ0n) is 17.2. The van der Waals surface area contributed by atoms with Crippen molar-refractivity contribution < 1.29 is 4.79 Å². The molecule has 0 aliphatic carbocycles. The third-order valence-corrected chi connectivity index (χ3v) is 6.39. The molecule has 0 spiro atoms. The molecule has 156 valence electrons. The SMILES string of the molecule is Cc1sc(NC(=O)c2cc(-c3ccccc3Cl)nc3ccccc23)nc1-c1ccccc1. The lowest BCUT2D eigenvalue weighted by molar-refractivity contribution is 0.102. The van der Waals surface area contributed by atoms with Crippen LogP contribution in [-0.4, -0.2) is 15.9 Å². The Morgan fingerprint density at radius 3 is 2.44 bits per heavy atom. The minimum atomic E-state index is -0.231. The standard InChI is InChI=1S/C26H18ClN3OS/c1-16-24(17-9-3-2-4-10-17)29-26(32-16)30-25(31)20-15-23(19-12-5-7-13-21(19)27)28-22-14-8-6-11-18(20)22/h2-15H,1H3,(H,29,30,31). The van der Waals surface area contributed by atoms with Gasteiger partial charge in [-0.1, -0.05) is 78.3 Å². The van der Waals surface area contributed by atoms with Gasteiger partial charge >= 0.3 is 0 Å². The van der Waals surface area contributed by atoms with Gasteiger partial charge in [-0.15, -0.1) is 11.3 Å². The second kappa shape index (κ2) is 8.54. The Labute approximate surface area is 194 Å². The molecule has 2 aromatic heterocycles. The number of aryl methyl sites for hydroxylation is 1. The van der Waals surface area contributed by atoms with Gasteiger partial charge in [-0.25, -0.2) is 9.97 Å². The van der Waals surface area contributed by atoms with E-state index in [2.05, 4.69) is 10.3 Å². The molecule has 0 fully saturated rings. The lowest BCUT2D eigenvalue weighted by atomic mass is 10.0. The number of pyridine rings is 1. The normalized spacial score (nSPS) is 10.9. The van der Waals surface area contributed by atoms with Crippen molar-refractivity contribution >= 4 is 44.9 Å². The molecule has 32 heavy (non-hydrogen) atoms. The third kappa shape index (κ3) is 3.88. The number of amides is 1. The van der Waals surface area contributed by atoms with Crippen molar-refractivity contribution in [2.75, 3.05) is 5.32 Å². The number of carbonyl (C=O) groups is 1. The monoisotopic (exact) mass is 455 g/mol. The zero-order chi connectivity index (χ0) is 22.1. The average Bonchev–Trinajstić information content (AvgIpc) is 3.19. The van der Waals surface area contributed by atoms with Crippen LogP contribution in [0.25, 0.3) is 33.4 Å². The molecule has 1 N–H and O–H groups in total. The number of fused-ring (bicyclic) bond motifs is 1. The molecule has 0 atom stereocenters. The predicted molar refractivity (Wildman–Crippen MR) is 132 cm³/mol. The summed E-state index contributed by atoms with van der Waals surface area (Å²) in [7, 11) is 0. The predicted octanol–water partition coefficient (Wildman–Crippen LogP) is 7.24. The Hall–Kier alpha value is -3.54. The van der Waals surface area contributed by atoms with E-state index in [1.807, 2.05) is 85.8 Å². The number of nitrogens with one attached hydrogen (secondary N) is 1. The van der Waals surface area contributed by atoms with Crippen LogP contribution < -0.4 is 5.32 Å². The highest BCUT2D eigenvalue weighted by Gasteiger charge is 2.17. The molecule has 0 unspecified atom stereocenters. The summed E-state index contributed by atoms with van der Waals surface area (Å²) in [6.45, 7) is 2.01. The third-order valence-electron chi connectivity index (χ3n) is 5.17. The number of carbonyl (C=O) groups excluding carboxylic acids is 1. The molecule has 0 saturated heterocycles. The molecule has 0 aliphatic rings. The summed E-state index contributed by atoms with van der Waals surface area (Å²) in [6, 6.07) is 26.8. The van der Waals surface area contributed by atoms with Gasteiger partial charge in [-0.2, -0.15) is 0 Å². The van der Waals surface area contributed by atoms with Crippen LogP contribution >= 0.6 is 22.9 Å². The van der Waals surface area contributed by atoms with Gasteiger partial charge in [0.1, 0.15) is 0 Å².